The maximum atomic E-state index is 13.8. The van der Waals surface area contributed by atoms with Gasteiger partial charge in [-0.25, -0.2) is 4.98 Å². The number of nitrogens with zero attached hydrogens (tertiary/aromatic N) is 3. The summed E-state index contributed by atoms with van der Waals surface area (Å²) in [5, 5.41) is 17.3. The number of likely N-dealkylation sites (tertiary alicyclic amines) is 1. The van der Waals surface area contributed by atoms with Crippen LogP contribution in [-0.4, -0.2) is 77.8 Å². The topological polar surface area (TPSA) is 136 Å². The number of rotatable bonds is 13. The molecule has 1 aliphatic heterocycles. The Morgan fingerprint density at radius 3 is 2.59 bits per heavy atom. The first kappa shape index (κ1) is 30.6. The van der Waals surface area contributed by atoms with Gasteiger partial charge >= 0.3 is 0 Å². The SMILES string of the molecule is COC(CCOc1cc(C(C(=O)N2C[C@H](O)C[C@H]2C(=O)NCc2ccc(-c3scnc3C)cc2)C(C)C)on1)OC. The number of amides is 2. The van der Waals surface area contributed by atoms with Gasteiger partial charge in [0.15, 0.2) is 12.1 Å². The predicted octanol–water partition coefficient (Wildman–Crippen LogP) is 3.51. The van der Waals surface area contributed by atoms with Gasteiger partial charge in [0.1, 0.15) is 12.0 Å². The Hall–Kier alpha value is -3.32. The van der Waals surface area contributed by atoms with E-state index in [0.29, 0.717) is 18.7 Å². The molecule has 0 spiro atoms. The highest BCUT2D eigenvalue weighted by molar-refractivity contribution is 7.13. The van der Waals surface area contributed by atoms with E-state index in [9.17, 15) is 14.7 Å². The molecule has 1 unspecified atom stereocenters. The standard InChI is InChI=1S/C29H38N4O7S/c1-17(2)26(23-13-24(32-40-23)39-11-10-25(37-4)38-5)29(36)33-15-21(34)12-22(33)28(35)30-14-19-6-8-20(9-7-19)27-18(3)31-16-41-27/h6-9,13,16-17,21-22,25-26,34H,10-12,14-15H2,1-5H3,(H,30,35)/t21-,22+,26?/m1/s1. The fourth-order valence-corrected chi connectivity index (χ4v) is 5.77. The van der Waals surface area contributed by atoms with Gasteiger partial charge in [0.05, 0.1) is 28.8 Å². The molecule has 0 saturated carbocycles. The molecule has 4 rings (SSSR count). The van der Waals surface area contributed by atoms with E-state index in [0.717, 1.165) is 21.7 Å². The molecule has 1 aliphatic rings. The van der Waals surface area contributed by atoms with Crippen molar-refractivity contribution in [3.8, 4) is 16.3 Å². The molecule has 12 heteroatoms. The van der Waals surface area contributed by atoms with Crippen molar-refractivity contribution in [2.45, 2.75) is 64.5 Å². The summed E-state index contributed by atoms with van der Waals surface area (Å²) in [5.74, 6) is -0.885. The summed E-state index contributed by atoms with van der Waals surface area (Å²) < 4.78 is 21.4. The lowest BCUT2D eigenvalue weighted by Crippen LogP contribution is -2.48. The van der Waals surface area contributed by atoms with Crippen LogP contribution in [0.5, 0.6) is 5.88 Å². The quantitative estimate of drug-likeness (QED) is 0.288. The largest absolute Gasteiger partial charge is 0.475 e. The Kier molecular flexibility index (Phi) is 10.5. The molecule has 3 atom stereocenters. The fourth-order valence-electron chi connectivity index (χ4n) is 4.96. The van der Waals surface area contributed by atoms with Gasteiger partial charge in [0, 0.05) is 46.2 Å². The van der Waals surface area contributed by atoms with Crippen molar-refractivity contribution in [1.82, 2.24) is 20.4 Å². The molecule has 2 N–H and O–H groups in total. The number of carbonyl (C=O) groups is 2. The third-order valence-electron chi connectivity index (χ3n) is 7.17. The average molecular weight is 587 g/mol. The van der Waals surface area contributed by atoms with Gasteiger partial charge in [-0.05, 0) is 29.1 Å². The van der Waals surface area contributed by atoms with Crippen LogP contribution in [0, 0.1) is 12.8 Å². The van der Waals surface area contributed by atoms with Crippen molar-refractivity contribution in [2.75, 3.05) is 27.4 Å². The fraction of sp³-hybridized carbons (Fsp3) is 0.517. The molecule has 11 nitrogen and oxygen atoms in total. The lowest BCUT2D eigenvalue weighted by Gasteiger charge is -2.28. The summed E-state index contributed by atoms with van der Waals surface area (Å²) in [6.45, 7) is 6.42. The molecule has 1 aromatic carbocycles. The molecule has 1 fully saturated rings. The van der Waals surface area contributed by atoms with Gasteiger partial charge in [0.25, 0.3) is 5.88 Å². The summed E-state index contributed by atoms with van der Waals surface area (Å²) in [5.41, 5.74) is 4.81. The second kappa shape index (κ2) is 14.0. The van der Waals surface area contributed by atoms with E-state index in [1.165, 1.54) is 4.90 Å². The van der Waals surface area contributed by atoms with Crippen molar-refractivity contribution >= 4 is 23.2 Å². The Balaban J connectivity index is 1.39. The number of ether oxygens (including phenoxy) is 3. The summed E-state index contributed by atoms with van der Waals surface area (Å²) in [6.07, 6.45) is -0.548. The smallest absolute Gasteiger partial charge is 0.254 e. The third kappa shape index (κ3) is 7.50. The Labute approximate surface area is 243 Å². The van der Waals surface area contributed by atoms with E-state index in [-0.39, 0.29) is 43.2 Å². The number of aliphatic hydroxyl groups excluding tert-OH is 1. The van der Waals surface area contributed by atoms with Crippen LogP contribution in [0.3, 0.4) is 0 Å². The van der Waals surface area contributed by atoms with Gasteiger partial charge in [-0.1, -0.05) is 38.1 Å². The van der Waals surface area contributed by atoms with Crippen molar-refractivity contribution in [3.05, 3.63) is 52.9 Å². The van der Waals surface area contributed by atoms with Crippen LogP contribution in [0.1, 0.15) is 49.6 Å². The van der Waals surface area contributed by atoms with Crippen LogP contribution in [0.15, 0.2) is 40.4 Å². The van der Waals surface area contributed by atoms with E-state index >= 15 is 0 Å². The molecular formula is C29H38N4O7S. The van der Waals surface area contributed by atoms with Crippen LogP contribution in [-0.2, 0) is 25.6 Å². The van der Waals surface area contributed by atoms with E-state index in [1.807, 2.05) is 50.5 Å². The second-order valence-corrected chi connectivity index (χ2v) is 11.3. The Bertz CT molecular complexity index is 1290. The third-order valence-corrected chi connectivity index (χ3v) is 8.15. The normalized spacial score (nSPS) is 17.8. The minimum Gasteiger partial charge on any atom is -0.475 e. The molecule has 0 aliphatic carbocycles. The molecule has 0 radical (unpaired) electrons. The summed E-state index contributed by atoms with van der Waals surface area (Å²) in [7, 11) is 3.10. The number of β-amino-alcohol motifs (C(OH)–C–C–N with tert-alkyl or cyclic N) is 1. The summed E-state index contributed by atoms with van der Waals surface area (Å²) in [4.78, 5) is 33.9. The lowest BCUT2D eigenvalue weighted by molar-refractivity contribution is -0.141. The van der Waals surface area contributed by atoms with Gasteiger partial charge in [0.2, 0.25) is 11.8 Å². The Morgan fingerprint density at radius 1 is 1.22 bits per heavy atom. The van der Waals surface area contributed by atoms with E-state index in [4.69, 9.17) is 18.7 Å². The number of aryl methyl sites for hydroxylation is 1. The van der Waals surface area contributed by atoms with E-state index in [2.05, 4.69) is 15.5 Å². The number of hydrogen-bond donors (Lipinski definition) is 2. The first-order chi connectivity index (χ1) is 19.7. The van der Waals surface area contributed by atoms with Gasteiger partial charge in [-0.3, -0.25) is 9.59 Å². The lowest BCUT2D eigenvalue weighted by atomic mass is 9.91. The van der Waals surface area contributed by atoms with Crippen LogP contribution >= 0.6 is 11.3 Å². The molecule has 3 aromatic rings. The highest BCUT2D eigenvalue weighted by atomic mass is 32.1. The number of methoxy groups -OCH3 is 2. The number of nitrogens with one attached hydrogen (secondary N) is 1. The number of carbonyl (C=O) groups excluding carboxylic acids is 2. The average Bonchev–Trinajstić information content (AvgIpc) is 3.70. The van der Waals surface area contributed by atoms with Crippen molar-refractivity contribution in [2.24, 2.45) is 5.92 Å². The van der Waals surface area contributed by atoms with Crippen LogP contribution < -0.4 is 10.1 Å². The van der Waals surface area contributed by atoms with Gasteiger partial charge < -0.3 is 34.1 Å². The van der Waals surface area contributed by atoms with Gasteiger partial charge in [-0.2, -0.15) is 0 Å². The molecule has 0 bridgehead atoms. The maximum absolute atomic E-state index is 13.8. The van der Waals surface area contributed by atoms with Crippen molar-refractivity contribution in [3.63, 3.8) is 0 Å². The summed E-state index contributed by atoms with van der Waals surface area (Å²) in [6, 6.07) is 8.74. The molecule has 1 saturated heterocycles. The number of aromatic nitrogens is 2. The monoisotopic (exact) mass is 586 g/mol. The first-order valence-corrected chi connectivity index (χ1v) is 14.5. The minimum absolute atomic E-state index is 0.0654. The molecule has 41 heavy (non-hydrogen) atoms. The maximum Gasteiger partial charge on any atom is 0.254 e. The van der Waals surface area contributed by atoms with Gasteiger partial charge in [-0.15, -0.1) is 11.3 Å². The number of hydrogen-bond acceptors (Lipinski definition) is 10. The van der Waals surface area contributed by atoms with Crippen LogP contribution in [0.25, 0.3) is 10.4 Å². The Morgan fingerprint density at radius 2 is 1.95 bits per heavy atom. The number of benzene rings is 1. The molecule has 3 heterocycles. The predicted molar refractivity (Wildman–Crippen MR) is 152 cm³/mol. The minimum atomic E-state index is -0.799. The van der Waals surface area contributed by atoms with Crippen molar-refractivity contribution in [1.29, 1.82) is 0 Å². The van der Waals surface area contributed by atoms with Crippen LogP contribution in [0.2, 0.25) is 0 Å². The van der Waals surface area contributed by atoms with Crippen molar-refractivity contribution < 1.29 is 33.4 Å². The van der Waals surface area contributed by atoms with E-state index < -0.39 is 24.4 Å². The number of aliphatic hydroxyl groups is 1. The second-order valence-electron chi connectivity index (χ2n) is 10.4. The molecular weight excluding hydrogens is 548 g/mol. The summed E-state index contributed by atoms with van der Waals surface area (Å²) >= 11 is 1.59. The molecule has 2 amide bonds. The van der Waals surface area contributed by atoms with E-state index in [1.54, 1.807) is 31.6 Å². The first-order valence-electron chi connectivity index (χ1n) is 13.6. The zero-order valence-electron chi connectivity index (χ0n) is 24.0. The molecule has 222 valence electrons. The zero-order chi connectivity index (χ0) is 29.5. The highest BCUT2D eigenvalue weighted by Gasteiger charge is 2.43. The zero-order valence-corrected chi connectivity index (χ0v) is 24.8. The molecule has 2 aromatic heterocycles. The number of thiazole rings is 1. The van der Waals surface area contributed by atoms with Crippen LogP contribution in [0.4, 0.5) is 0 Å². The highest BCUT2D eigenvalue weighted by Crippen LogP contribution is 2.32.